The van der Waals surface area contributed by atoms with Gasteiger partial charge in [-0.3, -0.25) is 0 Å². The van der Waals surface area contributed by atoms with Gasteiger partial charge in [0.25, 0.3) is 0 Å². The Morgan fingerprint density at radius 2 is 2.11 bits per heavy atom. The Hall–Kier alpha value is -1.97. The first-order valence-corrected chi connectivity index (χ1v) is 6.63. The van der Waals surface area contributed by atoms with E-state index in [1.165, 1.54) is 0 Å². The van der Waals surface area contributed by atoms with Crippen LogP contribution in [0, 0.1) is 0 Å². The van der Waals surface area contributed by atoms with Crippen LogP contribution in [-0.4, -0.2) is 23.3 Å². The molecule has 0 N–H and O–H groups in total. The fourth-order valence-corrected chi connectivity index (χ4v) is 2.01. The van der Waals surface area contributed by atoms with Gasteiger partial charge in [0.2, 0.25) is 0 Å². The number of aryl methyl sites for hydroxylation is 1. The zero-order chi connectivity index (χ0) is 13.7. The predicted molar refractivity (Wildman–Crippen MR) is 75.7 cm³/mol. The lowest BCUT2D eigenvalue weighted by Gasteiger charge is -2.15. The van der Waals surface area contributed by atoms with Crippen LogP contribution >= 0.6 is 0 Å². The maximum absolute atomic E-state index is 5.85. The molecule has 4 nitrogen and oxygen atoms in total. The van der Waals surface area contributed by atoms with Gasteiger partial charge >= 0.3 is 0 Å². The average Bonchev–Trinajstić information content (AvgIpc) is 2.92. The van der Waals surface area contributed by atoms with Crippen molar-refractivity contribution in [3.8, 4) is 22.9 Å². The Morgan fingerprint density at radius 3 is 2.79 bits per heavy atom. The van der Waals surface area contributed by atoms with Gasteiger partial charge in [-0.05, 0) is 25.5 Å². The van der Waals surface area contributed by atoms with Gasteiger partial charge < -0.3 is 14.0 Å². The molecular weight excluding hydrogens is 240 g/mol. The third-order valence-corrected chi connectivity index (χ3v) is 2.95. The predicted octanol–water partition coefficient (Wildman–Crippen LogP) is 3.37. The molecule has 102 valence electrons. The first-order chi connectivity index (χ1) is 9.31. The summed E-state index contributed by atoms with van der Waals surface area (Å²) in [5.41, 5.74) is 0.972. The SMILES string of the molecule is CCCOc1c(OC)cccc1-c1nccn1CC. The van der Waals surface area contributed by atoms with E-state index in [0.29, 0.717) is 6.61 Å². The Balaban J connectivity index is 2.49. The van der Waals surface area contributed by atoms with E-state index in [1.54, 1.807) is 7.11 Å². The van der Waals surface area contributed by atoms with Gasteiger partial charge in [-0.25, -0.2) is 4.98 Å². The van der Waals surface area contributed by atoms with Gasteiger partial charge in [-0.2, -0.15) is 0 Å². The van der Waals surface area contributed by atoms with Crippen LogP contribution in [0.15, 0.2) is 30.6 Å². The molecule has 2 rings (SSSR count). The largest absolute Gasteiger partial charge is 0.493 e. The zero-order valence-electron chi connectivity index (χ0n) is 11.7. The quantitative estimate of drug-likeness (QED) is 0.799. The number of hydrogen-bond acceptors (Lipinski definition) is 3. The minimum absolute atomic E-state index is 0.667. The molecule has 0 radical (unpaired) electrons. The minimum Gasteiger partial charge on any atom is -0.493 e. The molecule has 0 saturated carbocycles. The fraction of sp³-hybridized carbons (Fsp3) is 0.400. The number of hydrogen-bond donors (Lipinski definition) is 0. The first-order valence-electron chi connectivity index (χ1n) is 6.63. The van der Waals surface area contributed by atoms with Crippen LogP contribution in [0.2, 0.25) is 0 Å². The van der Waals surface area contributed by atoms with Crippen molar-refractivity contribution in [3.63, 3.8) is 0 Å². The van der Waals surface area contributed by atoms with E-state index in [0.717, 1.165) is 35.9 Å². The normalized spacial score (nSPS) is 10.5. The van der Waals surface area contributed by atoms with Crippen LogP contribution in [0.4, 0.5) is 0 Å². The molecule has 1 aromatic carbocycles. The molecule has 19 heavy (non-hydrogen) atoms. The van der Waals surface area contributed by atoms with E-state index in [4.69, 9.17) is 9.47 Å². The molecule has 0 fully saturated rings. The van der Waals surface area contributed by atoms with Gasteiger partial charge in [0.05, 0.1) is 19.3 Å². The molecule has 0 bridgehead atoms. The van der Waals surface area contributed by atoms with Gasteiger partial charge in [0, 0.05) is 18.9 Å². The summed E-state index contributed by atoms with van der Waals surface area (Å²) in [5, 5.41) is 0. The summed E-state index contributed by atoms with van der Waals surface area (Å²) in [6.07, 6.45) is 4.74. The van der Waals surface area contributed by atoms with Crippen LogP contribution in [0.25, 0.3) is 11.4 Å². The number of ether oxygens (including phenoxy) is 2. The molecule has 2 aromatic rings. The first kappa shape index (κ1) is 13.5. The van der Waals surface area contributed by atoms with Crippen molar-refractivity contribution in [1.82, 2.24) is 9.55 Å². The molecular formula is C15H20N2O2. The number of imidazole rings is 1. The van der Waals surface area contributed by atoms with Crippen molar-refractivity contribution in [2.24, 2.45) is 0 Å². The lowest BCUT2D eigenvalue weighted by molar-refractivity contribution is 0.295. The fourth-order valence-electron chi connectivity index (χ4n) is 2.01. The molecule has 0 aliphatic heterocycles. The highest BCUT2D eigenvalue weighted by Crippen LogP contribution is 2.37. The van der Waals surface area contributed by atoms with Crippen molar-refractivity contribution in [3.05, 3.63) is 30.6 Å². The molecule has 0 spiro atoms. The highest BCUT2D eigenvalue weighted by molar-refractivity contribution is 5.69. The lowest BCUT2D eigenvalue weighted by Crippen LogP contribution is -2.02. The van der Waals surface area contributed by atoms with E-state index in [9.17, 15) is 0 Å². The van der Waals surface area contributed by atoms with Crippen molar-refractivity contribution >= 4 is 0 Å². The lowest BCUT2D eigenvalue weighted by atomic mass is 10.1. The Kier molecular flexibility index (Phi) is 4.44. The summed E-state index contributed by atoms with van der Waals surface area (Å²) in [7, 11) is 1.66. The third-order valence-electron chi connectivity index (χ3n) is 2.95. The van der Waals surface area contributed by atoms with E-state index in [1.807, 2.05) is 30.6 Å². The van der Waals surface area contributed by atoms with Crippen LogP contribution in [-0.2, 0) is 6.54 Å². The van der Waals surface area contributed by atoms with Gasteiger partial charge in [0.15, 0.2) is 11.5 Å². The monoisotopic (exact) mass is 260 g/mol. The molecule has 0 atom stereocenters. The van der Waals surface area contributed by atoms with Crippen LogP contribution < -0.4 is 9.47 Å². The molecule has 0 aliphatic carbocycles. The Bertz CT molecular complexity index is 535. The molecule has 1 aromatic heterocycles. The van der Waals surface area contributed by atoms with Crippen LogP contribution in [0.1, 0.15) is 20.3 Å². The van der Waals surface area contributed by atoms with Crippen LogP contribution in [0.5, 0.6) is 11.5 Å². The van der Waals surface area contributed by atoms with Gasteiger partial charge in [0.1, 0.15) is 5.82 Å². The number of aromatic nitrogens is 2. The molecule has 0 amide bonds. The molecule has 0 unspecified atom stereocenters. The maximum atomic E-state index is 5.85. The molecule has 0 saturated heterocycles. The second-order valence-electron chi connectivity index (χ2n) is 4.22. The van der Waals surface area contributed by atoms with E-state index in [-0.39, 0.29) is 0 Å². The minimum atomic E-state index is 0.667. The van der Waals surface area contributed by atoms with Crippen molar-refractivity contribution in [2.45, 2.75) is 26.8 Å². The standard InChI is InChI=1S/C15H20N2O2/c1-4-11-19-14-12(7-6-8-13(14)18-3)15-16-9-10-17(15)5-2/h6-10H,4-5,11H2,1-3H3. The van der Waals surface area contributed by atoms with Gasteiger partial charge in [-0.15, -0.1) is 0 Å². The number of benzene rings is 1. The maximum Gasteiger partial charge on any atom is 0.172 e. The van der Waals surface area contributed by atoms with E-state index < -0.39 is 0 Å². The van der Waals surface area contributed by atoms with Crippen molar-refractivity contribution in [1.29, 1.82) is 0 Å². The number of methoxy groups -OCH3 is 1. The summed E-state index contributed by atoms with van der Waals surface area (Å²) in [6, 6.07) is 5.89. The summed E-state index contributed by atoms with van der Waals surface area (Å²) in [6.45, 7) is 5.72. The molecule has 1 heterocycles. The van der Waals surface area contributed by atoms with Crippen molar-refractivity contribution in [2.75, 3.05) is 13.7 Å². The highest BCUT2D eigenvalue weighted by Gasteiger charge is 2.15. The van der Waals surface area contributed by atoms with Gasteiger partial charge in [-0.1, -0.05) is 13.0 Å². The highest BCUT2D eigenvalue weighted by atomic mass is 16.5. The molecule has 4 heteroatoms. The second-order valence-corrected chi connectivity index (χ2v) is 4.22. The smallest absolute Gasteiger partial charge is 0.172 e. The number of nitrogens with zero attached hydrogens (tertiary/aromatic N) is 2. The average molecular weight is 260 g/mol. The Morgan fingerprint density at radius 1 is 1.26 bits per heavy atom. The van der Waals surface area contributed by atoms with E-state index in [2.05, 4.69) is 23.4 Å². The summed E-state index contributed by atoms with van der Waals surface area (Å²) < 4.78 is 13.3. The summed E-state index contributed by atoms with van der Waals surface area (Å²) >= 11 is 0. The number of para-hydroxylation sites is 1. The topological polar surface area (TPSA) is 36.3 Å². The van der Waals surface area contributed by atoms with Crippen LogP contribution in [0.3, 0.4) is 0 Å². The number of rotatable bonds is 6. The van der Waals surface area contributed by atoms with Crippen molar-refractivity contribution < 1.29 is 9.47 Å². The summed E-state index contributed by atoms with van der Waals surface area (Å²) in [5.74, 6) is 2.43. The molecule has 0 aliphatic rings. The second kappa shape index (κ2) is 6.27. The Labute approximate surface area is 114 Å². The zero-order valence-corrected chi connectivity index (χ0v) is 11.7. The third kappa shape index (κ3) is 2.72. The summed E-state index contributed by atoms with van der Waals surface area (Å²) in [4.78, 5) is 4.43. The van der Waals surface area contributed by atoms with E-state index >= 15 is 0 Å².